The second-order valence-corrected chi connectivity index (χ2v) is 5.07. The van der Waals surface area contributed by atoms with Gasteiger partial charge in [0.1, 0.15) is 12.4 Å². The fraction of sp³-hybridized carbons (Fsp3) is 0.286. The van der Waals surface area contributed by atoms with Gasteiger partial charge in [-0.05, 0) is 18.2 Å². The van der Waals surface area contributed by atoms with E-state index in [0.29, 0.717) is 18.9 Å². The molecule has 0 atom stereocenters. The smallest absolute Gasteiger partial charge is 0.274 e. The van der Waals surface area contributed by atoms with Gasteiger partial charge in [-0.1, -0.05) is 0 Å². The Morgan fingerprint density at radius 3 is 2.73 bits per heavy atom. The van der Waals surface area contributed by atoms with Crippen LogP contribution < -0.4 is 0 Å². The molecule has 0 saturated carbocycles. The van der Waals surface area contributed by atoms with E-state index in [0.717, 1.165) is 5.69 Å². The Bertz CT molecular complexity index is 756. The number of aryl methyl sites for hydroxylation is 1. The molecule has 22 heavy (non-hydrogen) atoms. The summed E-state index contributed by atoms with van der Waals surface area (Å²) in [5.41, 5.74) is 1.25. The van der Waals surface area contributed by atoms with Crippen LogP contribution in [0.1, 0.15) is 16.2 Å². The molecule has 0 fully saturated rings. The van der Waals surface area contributed by atoms with Gasteiger partial charge in [0.25, 0.3) is 5.91 Å². The van der Waals surface area contributed by atoms with Crippen molar-refractivity contribution in [3.05, 3.63) is 54.4 Å². The minimum Gasteiger partial charge on any atom is -0.334 e. The van der Waals surface area contributed by atoms with Gasteiger partial charge in [0.05, 0.1) is 12.2 Å². The van der Waals surface area contributed by atoms with Crippen LogP contribution in [0, 0.1) is 0 Å². The van der Waals surface area contributed by atoms with Crippen molar-refractivity contribution in [2.45, 2.75) is 13.2 Å². The molecule has 0 radical (unpaired) electrons. The molecule has 0 bridgehead atoms. The largest absolute Gasteiger partial charge is 0.334 e. The first-order valence-corrected chi connectivity index (χ1v) is 6.87. The molecule has 0 spiro atoms. The zero-order valence-corrected chi connectivity index (χ0v) is 12.5. The molecular weight excluding hydrogens is 282 g/mol. The Hall–Kier alpha value is -2.90. The number of nitrogens with zero attached hydrogens (tertiary/aromatic N) is 7. The van der Waals surface area contributed by atoms with Gasteiger partial charge in [-0.2, -0.15) is 15.3 Å². The first kappa shape index (κ1) is 14.1. The van der Waals surface area contributed by atoms with Gasteiger partial charge in [0, 0.05) is 38.9 Å². The summed E-state index contributed by atoms with van der Waals surface area (Å²) < 4.78 is 5.13. The first-order chi connectivity index (χ1) is 10.6. The normalized spacial score (nSPS) is 10.8. The number of amides is 1. The first-order valence-electron chi connectivity index (χ1n) is 6.87. The molecule has 0 aliphatic heterocycles. The van der Waals surface area contributed by atoms with Gasteiger partial charge in [-0.25, -0.2) is 0 Å². The van der Waals surface area contributed by atoms with Gasteiger partial charge in [0.15, 0.2) is 0 Å². The van der Waals surface area contributed by atoms with Crippen molar-refractivity contribution < 1.29 is 4.79 Å². The van der Waals surface area contributed by atoms with Crippen molar-refractivity contribution in [2.24, 2.45) is 7.05 Å². The highest BCUT2D eigenvalue weighted by Crippen LogP contribution is 2.05. The molecule has 0 unspecified atom stereocenters. The van der Waals surface area contributed by atoms with E-state index in [1.165, 1.54) is 0 Å². The number of hydrogen-bond donors (Lipinski definition) is 0. The third-order valence-electron chi connectivity index (χ3n) is 3.22. The predicted molar refractivity (Wildman–Crippen MR) is 78.9 cm³/mol. The minimum atomic E-state index is -0.134. The van der Waals surface area contributed by atoms with Crippen LogP contribution in [-0.2, 0) is 20.3 Å². The monoisotopic (exact) mass is 299 g/mol. The van der Waals surface area contributed by atoms with Crippen LogP contribution in [0.25, 0.3) is 0 Å². The Kier molecular flexibility index (Phi) is 3.73. The summed E-state index contributed by atoms with van der Waals surface area (Å²) in [6, 6.07) is 5.44. The van der Waals surface area contributed by atoms with E-state index in [1.54, 1.807) is 44.5 Å². The molecule has 0 aliphatic carbocycles. The Balaban J connectivity index is 1.65. The number of hydrogen-bond acceptors (Lipinski definition) is 4. The molecular formula is C14H17N7O. The third-order valence-corrected chi connectivity index (χ3v) is 3.22. The van der Waals surface area contributed by atoms with Gasteiger partial charge < -0.3 is 4.90 Å². The fourth-order valence-electron chi connectivity index (χ4n) is 2.14. The number of rotatable bonds is 5. The molecule has 3 aromatic rings. The zero-order chi connectivity index (χ0) is 15.5. The second-order valence-electron chi connectivity index (χ2n) is 5.07. The van der Waals surface area contributed by atoms with Crippen molar-refractivity contribution in [3.63, 3.8) is 0 Å². The van der Waals surface area contributed by atoms with Crippen molar-refractivity contribution >= 4 is 5.91 Å². The van der Waals surface area contributed by atoms with E-state index in [9.17, 15) is 4.79 Å². The molecule has 0 aliphatic rings. The summed E-state index contributed by atoms with van der Waals surface area (Å²) in [5.74, 6) is -0.134. The highest BCUT2D eigenvalue weighted by atomic mass is 16.2. The van der Waals surface area contributed by atoms with Crippen LogP contribution in [0.4, 0.5) is 0 Å². The van der Waals surface area contributed by atoms with Crippen molar-refractivity contribution in [1.82, 2.24) is 34.2 Å². The van der Waals surface area contributed by atoms with Crippen LogP contribution >= 0.6 is 0 Å². The molecule has 0 saturated heterocycles. The standard InChI is InChI=1S/C14H17N7O/c1-18(10-12-4-8-19(2)16-12)14(22)13-5-9-21(17-13)11-20-7-3-6-15-20/h3-9H,10-11H2,1-2H3. The van der Waals surface area contributed by atoms with Crippen LogP contribution in [-0.4, -0.2) is 47.2 Å². The topological polar surface area (TPSA) is 73.8 Å². The highest BCUT2D eigenvalue weighted by Gasteiger charge is 2.16. The molecule has 3 rings (SSSR count). The van der Waals surface area contributed by atoms with Gasteiger partial charge in [-0.15, -0.1) is 0 Å². The summed E-state index contributed by atoms with van der Waals surface area (Å²) >= 11 is 0. The van der Waals surface area contributed by atoms with Gasteiger partial charge in [0.2, 0.25) is 0 Å². The summed E-state index contributed by atoms with van der Waals surface area (Å²) in [5, 5.41) is 12.7. The summed E-state index contributed by atoms with van der Waals surface area (Å²) in [6.07, 6.45) is 7.17. The third kappa shape index (κ3) is 3.05. The molecule has 3 aromatic heterocycles. The van der Waals surface area contributed by atoms with Crippen LogP contribution in [0.2, 0.25) is 0 Å². The molecule has 3 heterocycles. The predicted octanol–water partition coefficient (Wildman–Crippen LogP) is 0.591. The fourth-order valence-corrected chi connectivity index (χ4v) is 2.14. The lowest BCUT2D eigenvalue weighted by molar-refractivity contribution is 0.0776. The zero-order valence-electron chi connectivity index (χ0n) is 12.5. The number of aromatic nitrogens is 6. The number of carbonyl (C=O) groups is 1. The van der Waals surface area contributed by atoms with Crippen molar-refractivity contribution in [3.8, 4) is 0 Å². The quantitative estimate of drug-likeness (QED) is 0.691. The minimum absolute atomic E-state index is 0.134. The average molecular weight is 299 g/mol. The van der Waals surface area contributed by atoms with E-state index >= 15 is 0 Å². The maximum Gasteiger partial charge on any atom is 0.274 e. The Morgan fingerprint density at radius 2 is 2.05 bits per heavy atom. The lowest BCUT2D eigenvalue weighted by Gasteiger charge is -2.14. The van der Waals surface area contributed by atoms with Gasteiger partial charge in [-0.3, -0.25) is 18.8 Å². The van der Waals surface area contributed by atoms with Crippen molar-refractivity contribution in [1.29, 1.82) is 0 Å². The summed E-state index contributed by atoms with van der Waals surface area (Å²) in [4.78, 5) is 14.0. The average Bonchev–Trinajstić information content (AvgIpc) is 3.21. The molecule has 8 nitrogen and oxygen atoms in total. The Morgan fingerprint density at radius 1 is 1.18 bits per heavy atom. The SMILES string of the molecule is CN(Cc1ccn(C)n1)C(=O)c1ccn(Cn2cccn2)n1. The lowest BCUT2D eigenvalue weighted by atomic mass is 10.3. The molecule has 0 aromatic carbocycles. The summed E-state index contributed by atoms with van der Waals surface area (Å²) in [7, 11) is 3.59. The molecule has 8 heteroatoms. The lowest BCUT2D eigenvalue weighted by Crippen LogP contribution is -2.27. The van der Waals surface area contributed by atoms with Crippen LogP contribution in [0.5, 0.6) is 0 Å². The Labute approximate surface area is 127 Å². The van der Waals surface area contributed by atoms with E-state index in [1.807, 2.05) is 31.6 Å². The molecule has 1 amide bonds. The van der Waals surface area contributed by atoms with E-state index < -0.39 is 0 Å². The van der Waals surface area contributed by atoms with E-state index in [4.69, 9.17) is 0 Å². The van der Waals surface area contributed by atoms with Crippen LogP contribution in [0.3, 0.4) is 0 Å². The highest BCUT2D eigenvalue weighted by molar-refractivity contribution is 5.91. The molecule has 0 N–H and O–H groups in total. The number of carbonyl (C=O) groups excluding carboxylic acids is 1. The van der Waals surface area contributed by atoms with E-state index in [2.05, 4.69) is 15.3 Å². The van der Waals surface area contributed by atoms with Crippen molar-refractivity contribution in [2.75, 3.05) is 7.05 Å². The van der Waals surface area contributed by atoms with E-state index in [-0.39, 0.29) is 5.91 Å². The maximum atomic E-state index is 12.4. The summed E-state index contributed by atoms with van der Waals surface area (Å²) in [6.45, 7) is 0.927. The van der Waals surface area contributed by atoms with Gasteiger partial charge >= 0.3 is 0 Å². The van der Waals surface area contributed by atoms with Crippen LogP contribution in [0.15, 0.2) is 43.0 Å². The second kappa shape index (κ2) is 5.84. The maximum absolute atomic E-state index is 12.4. The molecule has 114 valence electrons.